The zero-order valence-corrected chi connectivity index (χ0v) is 17.5. The van der Waals surface area contributed by atoms with E-state index >= 15 is 0 Å². The summed E-state index contributed by atoms with van der Waals surface area (Å²) in [6.07, 6.45) is 2.31. The summed E-state index contributed by atoms with van der Waals surface area (Å²) in [4.78, 5) is 25.8. The van der Waals surface area contributed by atoms with Gasteiger partial charge in [0.05, 0.1) is 11.6 Å². The molecular formula is C21H28ClN3O3. The van der Waals surface area contributed by atoms with Gasteiger partial charge in [-0.05, 0) is 57.2 Å². The van der Waals surface area contributed by atoms with Crippen LogP contribution in [0.1, 0.15) is 56.2 Å². The fourth-order valence-corrected chi connectivity index (χ4v) is 3.69. The van der Waals surface area contributed by atoms with Gasteiger partial charge in [-0.15, -0.1) is 11.6 Å². The summed E-state index contributed by atoms with van der Waals surface area (Å²) in [5.74, 6) is -0.119. The molecule has 0 bridgehead atoms. The predicted molar refractivity (Wildman–Crippen MR) is 108 cm³/mol. The average molecular weight is 406 g/mol. The highest BCUT2D eigenvalue weighted by atomic mass is 35.5. The van der Waals surface area contributed by atoms with Gasteiger partial charge in [0.25, 0.3) is 0 Å². The third-order valence-corrected chi connectivity index (χ3v) is 4.94. The Balaban J connectivity index is 2.03. The third-order valence-electron chi connectivity index (χ3n) is 4.71. The number of halogens is 1. The molecule has 0 aliphatic heterocycles. The van der Waals surface area contributed by atoms with Gasteiger partial charge in [-0.1, -0.05) is 12.1 Å². The number of ether oxygens (including phenoxy) is 1. The number of benzene rings is 1. The van der Waals surface area contributed by atoms with Crippen LogP contribution >= 0.6 is 11.6 Å². The predicted octanol–water partition coefficient (Wildman–Crippen LogP) is 3.57. The minimum atomic E-state index is -0.569. The zero-order valence-electron chi connectivity index (χ0n) is 16.8. The van der Waals surface area contributed by atoms with Crippen LogP contribution in [-0.2, 0) is 16.0 Å². The maximum atomic E-state index is 12.3. The number of hydrogen-bond donors (Lipinski definition) is 1. The summed E-state index contributed by atoms with van der Waals surface area (Å²) in [6.45, 7) is 6.55. The Morgan fingerprint density at radius 1 is 1.39 bits per heavy atom. The van der Waals surface area contributed by atoms with Gasteiger partial charge in [0.1, 0.15) is 11.5 Å². The minimum absolute atomic E-state index is 0.107. The zero-order chi connectivity index (χ0) is 20.7. The van der Waals surface area contributed by atoms with E-state index in [0.29, 0.717) is 18.7 Å². The van der Waals surface area contributed by atoms with Gasteiger partial charge in [-0.3, -0.25) is 4.79 Å². The molecule has 1 N–H and O–H groups in total. The van der Waals surface area contributed by atoms with Crippen molar-refractivity contribution in [3.8, 4) is 6.07 Å². The number of hydrogen-bond acceptors (Lipinski definition) is 4. The average Bonchev–Trinajstić information content (AvgIpc) is 2.64. The van der Waals surface area contributed by atoms with Crippen molar-refractivity contribution in [1.29, 1.82) is 5.26 Å². The third kappa shape index (κ3) is 6.13. The monoisotopic (exact) mass is 405 g/mol. The highest BCUT2D eigenvalue weighted by Gasteiger charge is 2.26. The molecule has 7 heteroatoms. The molecule has 28 heavy (non-hydrogen) atoms. The molecule has 0 aromatic heterocycles. The second kappa shape index (κ2) is 9.79. The lowest BCUT2D eigenvalue weighted by molar-refractivity contribution is -0.128. The van der Waals surface area contributed by atoms with E-state index in [1.807, 2.05) is 18.2 Å². The van der Waals surface area contributed by atoms with Crippen molar-refractivity contribution in [1.82, 2.24) is 10.2 Å². The maximum absolute atomic E-state index is 12.3. The molecule has 0 radical (unpaired) electrons. The number of alkyl halides is 1. The number of carbonyl (C=O) groups is 2. The van der Waals surface area contributed by atoms with Crippen LogP contribution in [0, 0.1) is 11.3 Å². The lowest BCUT2D eigenvalue weighted by atomic mass is 9.80. The topological polar surface area (TPSA) is 82.4 Å². The van der Waals surface area contributed by atoms with Crippen LogP contribution in [0.5, 0.6) is 0 Å². The summed E-state index contributed by atoms with van der Waals surface area (Å²) < 4.78 is 5.22. The number of nitrogens with one attached hydrogen (secondary N) is 1. The van der Waals surface area contributed by atoms with E-state index in [4.69, 9.17) is 16.3 Å². The van der Waals surface area contributed by atoms with Gasteiger partial charge in [0.2, 0.25) is 5.91 Å². The van der Waals surface area contributed by atoms with Gasteiger partial charge >= 0.3 is 6.09 Å². The summed E-state index contributed by atoms with van der Waals surface area (Å²) in [7, 11) is 0. The number of alkyl carbamates (subject to hydrolysis) is 1. The smallest absolute Gasteiger partial charge is 0.407 e. The standard InChI is InChI=1S/C21H28ClN3O3/c1-21(2,3)28-20(27)24-10-11-25(19(26)12-22)14-16-7-5-8-17-15(13-23)6-4-9-18(16)17/h4,6,9,16H,5,7-8,10-12,14H2,1-3H3,(H,24,27)/t16-/m0/s1. The number of rotatable bonds is 6. The molecule has 0 fully saturated rings. The van der Waals surface area contributed by atoms with Gasteiger partial charge in [-0.2, -0.15) is 5.26 Å². The first-order valence-corrected chi connectivity index (χ1v) is 10.1. The molecule has 152 valence electrons. The van der Waals surface area contributed by atoms with Crippen LogP contribution < -0.4 is 5.32 Å². The largest absolute Gasteiger partial charge is 0.444 e. The molecule has 0 spiro atoms. The van der Waals surface area contributed by atoms with Crippen molar-refractivity contribution in [2.24, 2.45) is 0 Å². The van der Waals surface area contributed by atoms with E-state index < -0.39 is 11.7 Å². The lowest BCUT2D eigenvalue weighted by Gasteiger charge is -2.32. The molecular weight excluding hydrogens is 378 g/mol. The van der Waals surface area contributed by atoms with Crippen molar-refractivity contribution in [2.75, 3.05) is 25.5 Å². The second-order valence-corrected chi connectivity index (χ2v) is 8.24. The van der Waals surface area contributed by atoms with Gasteiger partial charge in [0.15, 0.2) is 0 Å². The van der Waals surface area contributed by atoms with Crippen molar-refractivity contribution >= 4 is 23.6 Å². The Bertz CT molecular complexity index is 752. The normalized spacial score (nSPS) is 15.9. The first kappa shape index (κ1) is 22.0. The number of nitriles is 1. The van der Waals surface area contributed by atoms with Crippen LogP contribution in [0.3, 0.4) is 0 Å². The molecule has 1 atom stereocenters. The van der Waals surface area contributed by atoms with Crippen molar-refractivity contribution < 1.29 is 14.3 Å². The first-order valence-electron chi connectivity index (χ1n) is 9.57. The second-order valence-electron chi connectivity index (χ2n) is 7.98. The van der Waals surface area contributed by atoms with Gasteiger partial charge in [-0.25, -0.2) is 4.79 Å². The van der Waals surface area contributed by atoms with Crippen LogP contribution in [0.25, 0.3) is 0 Å². The lowest BCUT2D eigenvalue weighted by Crippen LogP contribution is -2.42. The van der Waals surface area contributed by atoms with E-state index in [1.165, 1.54) is 0 Å². The maximum Gasteiger partial charge on any atom is 0.407 e. The van der Waals surface area contributed by atoms with Crippen LogP contribution in [0.2, 0.25) is 0 Å². The van der Waals surface area contributed by atoms with E-state index in [0.717, 1.165) is 30.4 Å². The quantitative estimate of drug-likeness (QED) is 0.733. The highest BCUT2D eigenvalue weighted by Crippen LogP contribution is 2.34. The van der Waals surface area contributed by atoms with E-state index in [1.54, 1.807) is 25.7 Å². The molecule has 1 aliphatic rings. The first-order chi connectivity index (χ1) is 13.2. The minimum Gasteiger partial charge on any atom is -0.444 e. The molecule has 2 amide bonds. The SMILES string of the molecule is CC(C)(C)OC(=O)NCCN(C[C@@H]1CCCc2c(C#N)cccc21)C(=O)CCl. The Hall–Kier alpha value is -2.26. The Labute approximate surface area is 171 Å². The number of nitrogens with zero attached hydrogens (tertiary/aromatic N) is 2. The number of amides is 2. The highest BCUT2D eigenvalue weighted by molar-refractivity contribution is 6.27. The fraction of sp³-hybridized carbons (Fsp3) is 0.571. The molecule has 0 saturated heterocycles. The molecule has 1 aliphatic carbocycles. The van der Waals surface area contributed by atoms with Gasteiger partial charge < -0.3 is 15.0 Å². The molecule has 1 aromatic rings. The van der Waals surface area contributed by atoms with E-state index in [9.17, 15) is 14.9 Å². The van der Waals surface area contributed by atoms with Crippen molar-refractivity contribution in [3.63, 3.8) is 0 Å². The Morgan fingerprint density at radius 2 is 2.14 bits per heavy atom. The van der Waals surface area contributed by atoms with Crippen LogP contribution in [-0.4, -0.2) is 48.0 Å². The summed E-state index contributed by atoms with van der Waals surface area (Å²) in [6, 6.07) is 8.05. The number of carbonyl (C=O) groups excluding carboxylic acids is 2. The van der Waals surface area contributed by atoms with Gasteiger partial charge in [0, 0.05) is 25.6 Å². The number of fused-ring (bicyclic) bond motifs is 1. The van der Waals surface area contributed by atoms with E-state index in [-0.39, 0.29) is 24.2 Å². The van der Waals surface area contributed by atoms with Crippen LogP contribution in [0.4, 0.5) is 4.79 Å². The Kier molecular flexibility index (Phi) is 7.70. The van der Waals surface area contributed by atoms with E-state index in [2.05, 4.69) is 11.4 Å². The van der Waals surface area contributed by atoms with Crippen molar-refractivity contribution in [3.05, 3.63) is 34.9 Å². The summed E-state index contributed by atoms with van der Waals surface area (Å²) in [5.41, 5.74) is 2.37. The Morgan fingerprint density at radius 3 is 2.79 bits per heavy atom. The molecule has 0 saturated carbocycles. The molecule has 0 heterocycles. The molecule has 1 aromatic carbocycles. The summed E-state index contributed by atoms with van der Waals surface area (Å²) in [5, 5.41) is 12.0. The molecule has 0 unspecified atom stereocenters. The van der Waals surface area contributed by atoms with Crippen molar-refractivity contribution in [2.45, 2.75) is 51.6 Å². The summed E-state index contributed by atoms with van der Waals surface area (Å²) >= 11 is 5.79. The molecule has 6 nitrogen and oxygen atoms in total. The molecule has 2 rings (SSSR count). The fourth-order valence-electron chi connectivity index (χ4n) is 3.52. The van der Waals surface area contributed by atoms with Crippen LogP contribution in [0.15, 0.2) is 18.2 Å².